The van der Waals surface area contributed by atoms with Crippen LogP contribution in [-0.2, 0) is 4.74 Å². The summed E-state index contributed by atoms with van der Waals surface area (Å²) in [5.41, 5.74) is 1.17. The molecule has 1 atom stereocenters. The molecule has 2 nitrogen and oxygen atoms in total. The minimum Gasteiger partial charge on any atom is -0.371 e. The van der Waals surface area contributed by atoms with Crippen molar-refractivity contribution in [1.82, 2.24) is 5.32 Å². The first-order chi connectivity index (χ1) is 7.29. The van der Waals surface area contributed by atoms with Gasteiger partial charge in [0.2, 0.25) is 0 Å². The normalized spacial score (nSPS) is 21.6. The molecular weight excluding hydrogens is 230 g/mol. The molecule has 1 aliphatic heterocycles. The number of nitrogens with one attached hydrogen (secondary N) is 1. The second-order valence-corrected chi connectivity index (χ2v) is 4.80. The van der Waals surface area contributed by atoms with Gasteiger partial charge in [0.15, 0.2) is 0 Å². The number of hydrogen-bond donors (Lipinski definition) is 1. The fraction of sp³-hybridized carbons (Fsp3) is 0.455. The Morgan fingerprint density at radius 1 is 1.47 bits per heavy atom. The molecule has 1 unspecified atom stereocenters. The first-order valence-corrected chi connectivity index (χ1v) is 6.56. The Labute approximate surface area is 99.3 Å². The maximum Gasteiger partial charge on any atom is 0.0950 e. The average Bonchev–Trinajstić information content (AvgIpc) is 2.29. The molecule has 1 aromatic carbocycles. The highest BCUT2D eigenvalue weighted by Gasteiger charge is 2.16. The van der Waals surface area contributed by atoms with Crippen molar-refractivity contribution in [3.63, 3.8) is 0 Å². The van der Waals surface area contributed by atoms with Crippen molar-refractivity contribution in [2.24, 2.45) is 0 Å². The lowest BCUT2D eigenvalue weighted by Crippen LogP contribution is -2.33. The van der Waals surface area contributed by atoms with Gasteiger partial charge in [-0.3, -0.25) is 0 Å². The van der Waals surface area contributed by atoms with Crippen LogP contribution < -0.4 is 5.32 Å². The van der Waals surface area contributed by atoms with Crippen LogP contribution in [0.2, 0.25) is 5.02 Å². The maximum absolute atomic E-state index is 6.06. The van der Waals surface area contributed by atoms with E-state index in [2.05, 4.69) is 17.6 Å². The smallest absolute Gasteiger partial charge is 0.0950 e. The summed E-state index contributed by atoms with van der Waals surface area (Å²) in [5, 5.41) is 4.10. The van der Waals surface area contributed by atoms with Crippen LogP contribution in [0.3, 0.4) is 0 Å². The molecule has 0 aromatic heterocycles. The van der Waals surface area contributed by atoms with Crippen LogP contribution in [0, 0.1) is 0 Å². The first kappa shape index (κ1) is 11.3. The molecule has 1 fully saturated rings. The van der Waals surface area contributed by atoms with E-state index < -0.39 is 0 Å². The highest BCUT2D eigenvalue weighted by atomic mass is 35.5. The molecular formula is C11H14ClNOS. The lowest BCUT2D eigenvalue weighted by atomic mass is 10.1. The fourth-order valence-corrected chi connectivity index (χ4v) is 2.47. The van der Waals surface area contributed by atoms with Crippen LogP contribution in [0.4, 0.5) is 0 Å². The van der Waals surface area contributed by atoms with Crippen molar-refractivity contribution in [2.45, 2.75) is 11.0 Å². The SMILES string of the molecule is CSc1cc(Cl)cc(C2CNCCO2)c1. The van der Waals surface area contributed by atoms with Crippen molar-refractivity contribution in [2.75, 3.05) is 26.0 Å². The topological polar surface area (TPSA) is 21.3 Å². The van der Waals surface area contributed by atoms with Crippen LogP contribution in [0.15, 0.2) is 23.1 Å². The number of thioether (sulfide) groups is 1. The second kappa shape index (κ2) is 5.21. The summed E-state index contributed by atoms with van der Waals surface area (Å²) in [6, 6.07) is 6.11. The summed E-state index contributed by atoms with van der Waals surface area (Å²) < 4.78 is 5.69. The van der Waals surface area contributed by atoms with Crippen molar-refractivity contribution < 1.29 is 4.74 Å². The molecule has 1 saturated heterocycles. The van der Waals surface area contributed by atoms with Gasteiger partial charge in [-0.2, -0.15) is 0 Å². The minimum absolute atomic E-state index is 0.142. The van der Waals surface area contributed by atoms with E-state index in [9.17, 15) is 0 Å². The third kappa shape index (κ3) is 2.88. The Morgan fingerprint density at radius 2 is 2.33 bits per heavy atom. The molecule has 0 aliphatic carbocycles. The van der Waals surface area contributed by atoms with E-state index in [-0.39, 0.29) is 6.10 Å². The molecule has 0 radical (unpaired) electrons. The third-order valence-electron chi connectivity index (χ3n) is 2.43. The number of halogens is 1. The Hall–Kier alpha value is -0.220. The summed E-state index contributed by atoms with van der Waals surface area (Å²) >= 11 is 7.76. The zero-order chi connectivity index (χ0) is 10.7. The number of benzene rings is 1. The second-order valence-electron chi connectivity index (χ2n) is 3.49. The molecule has 82 valence electrons. The van der Waals surface area contributed by atoms with Crippen molar-refractivity contribution in [3.8, 4) is 0 Å². The van der Waals surface area contributed by atoms with Gasteiger partial charge in [0.05, 0.1) is 12.7 Å². The van der Waals surface area contributed by atoms with Gasteiger partial charge in [-0.15, -0.1) is 11.8 Å². The van der Waals surface area contributed by atoms with Gasteiger partial charge in [-0.1, -0.05) is 11.6 Å². The number of morpholine rings is 1. The number of ether oxygens (including phenoxy) is 1. The van der Waals surface area contributed by atoms with Crippen molar-refractivity contribution in [1.29, 1.82) is 0 Å². The Bertz CT molecular complexity index is 339. The molecule has 1 heterocycles. The van der Waals surface area contributed by atoms with Crippen LogP contribution in [-0.4, -0.2) is 26.0 Å². The van der Waals surface area contributed by atoms with E-state index in [1.165, 1.54) is 10.5 Å². The van der Waals surface area contributed by atoms with E-state index in [1.54, 1.807) is 11.8 Å². The molecule has 4 heteroatoms. The molecule has 1 aliphatic rings. The standard InChI is InChI=1S/C11H14ClNOS/c1-15-10-5-8(4-9(12)6-10)11-7-13-2-3-14-11/h4-6,11,13H,2-3,7H2,1H3. The van der Waals surface area contributed by atoms with E-state index in [1.807, 2.05) is 12.1 Å². The highest BCUT2D eigenvalue weighted by Crippen LogP contribution is 2.27. The molecule has 0 bridgehead atoms. The van der Waals surface area contributed by atoms with E-state index >= 15 is 0 Å². The van der Waals surface area contributed by atoms with E-state index in [0.717, 1.165) is 24.7 Å². The largest absolute Gasteiger partial charge is 0.371 e. The minimum atomic E-state index is 0.142. The summed E-state index contributed by atoms with van der Waals surface area (Å²) in [7, 11) is 0. The average molecular weight is 244 g/mol. The van der Waals surface area contributed by atoms with Gasteiger partial charge in [-0.05, 0) is 30.0 Å². The quantitative estimate of drug-likeness (QED) is 0.808. The lowest BCUT2D eigenvalue weighted by molar-refractivity contribution is 0.0276. The van der Waals surface area contributed by atoms with Gasteiger partial charge in [-0.25, -0.2) is 0 Å². The van der Waals surface area contributed by atoms with Crippen LogP contribution in [0.5, 0.6) is 0 Å². The van der Waals surface area contributed by atoms with Crippen LogP contribution in [0.1, 0.15) is 11.7 Å². The van der Waals surface area contributed by atoms with Gasteiger partial charge in [0.1, 0.15) is 0 Å². The number of hydrogen-bond acceptors (Lipinski definition) is 3. The zero-order valence-electron chi connectivity index (χ0n) is 8.63. The van der Waals surface area contributed by atoms with Crippen LogP contribution in [0.25, 0.3) is 0 Å². The van der Waals surface area contributed by atoms with Gasteiger partial charge in [0, 0.05) is 23.0 Å². The molecule has 15 heavy (non-hydrogen) atoms. The molecule has 2 rings (SSSR count). The monoisotopic (exact) mass is 243 g/mol. The third-order valence-corrected chi connectivity index (χ3v) is 3.35. The van der Waals surface area contributed by atoms with Crippen LogP contribution >= 0.6 is 23.4 Å². The van der Waals surface area contributed by atoms with Gasteiger partial charge >= 0.3 is 0 Å². The fourth-order valence-electron chi connectivity index (χ4n) is 1.67. The lowest BCUT2D eigenvalue weighted by Gasteiger charge is -2.24. The zero-order valence-corrected chi connectivity index (χ0v) is 10.2. The Balaban J connectivity index is 2.22. The predicted octanol–water partition coefficient (Wildman–Crippen LogP) is 2.72. The summed E-state index contributed by atoms with van der Waals surface area (Å²) in [5.74, 6) is 0. The molecule has 1 aromatic rings. The maximum atomic E-state index is 6.06. The first-order valence-electron chi connectivity index (χ1n) is 4.96. The number of rotatable bonds is 2. The molecule has 0 amide bonds. The highest BCUT2D eigenvalue weighted by molar-refractivity contribution is 7.98. The Morgan fingerprint density at radius 3 is 3.00 bits per heavy atom. The predicted molar refractivity (Wildman–Crippen MR) is 64.8 cm³/mol. The Kier molecular flexibility index (Phi) is 3.92. The van der Waals surface area contributed by atoms with Crippen molar-refractivity contribution in [3.05, 3.63) is 28.8 Å². The van der Waals surface area contributed by atoms with Crippen molar-refractivity contribution >= 4 is 23.4 Å². The van der Waals surface area contributed by atoms with E-state index in [4.69, 9.17) is 16.3 Å². The van der Waals surface area contributed by atoms with Gasteiger partial charge in [0.25, 0.3) is 0 Å². The summed E-state index contributed by atoms with van der Waals surface area (Å²) in [6.45, 7) is 2.58. The molecule has 0 spiro atoms. The summed E-state index contributed by atoms with van der Waals surface area (Å²) in [4.78, 5) is 1.19. The molecule has 0 saturated carbocycles. The van der Waals surface area contributed by atoms with Gasteiger partial charge < -0.3 is 10.1 Å². The summed E-state index contributed by atoms with van der Waals surface area (Å²) in [6.07, 6.45) is 2.19. The molecule has 1 N–H and O–H groups in total. The van der Waals surface area contributed by atoms with E-state index in [0.29, 0.717) is 0 Å².